The van der Waals surface area contributed by atoms with Gasteiger partial charge >= 0.3 is 0 Å². The summed E-state index contributed by atoms with van der Waals surface area (Å²) in [7, 11) is 3.00. The number of thiazole rings is 1. The molecule has 0 spiro atoms. The molecule has 0 aliphatic carbocycles. The van der Waals surface area contributed by atoms with Crippen LogP contribution in [-0.4, -0.2) is 37.1 Å². The maximum Gasteiger partial charge on any atom is 0.252 e. The molecule has 0 aliphatic heterocycles. The SMILES string of the molecule is COc1cc(OC)cc(C(=O)NC(C(=O)Nc2ncc(Cc3ccc(F)cc3)s2)C(C)C)c1. The minimum Gasteiger partial charge on any atom is -0.497 e. The number of nitrogens with one attached hydrogen (secondary N) is 2. The van der Waals surface area contributed by atoms with E-state index in [1.807, 2.05) is 13.8 Å². The van der Waals surface area contributed by atoms with Crippen molar-refractivity contribution < 1.29 is 23.5 Å². The Morgan fingerprint density at radius 1 is 1.06 bits per heavy atom. The molecule has 2 amide bonds. The number of methoxy groups -OCH3 is 2. The summed E-state index contributed by atoms with van der Waals surface area (Å²) in [6.45, 7) is 3.69. The first-order valence-electron chi connectivity index (χ1n) is 10.3. The second-order valence-electron chi connectivity index (χ2n) is 7.72. The number of carbonyl (C=O) groups excluding carboxylic acids is 2. The van der Waals surface area contributed by atoms with E-state index in [-0.39, 0.29) is 17.6 Å². The van der Waals surface area contributed by atoms with Crippen LogP contribution in [0.5, 0.6) is 11.5 Å². The van der Waals surface area contributed by atoms with Gasteiger partial charge in [-0.1, -0.05) is 26.0 Å². The monoisotopic (exact) mass is 471 g/mol. The number of halogens is 1. The summed E-state index contributed by atoms with van der Waals surface area (Å²) >= 11 is 1.33. The third-order valence-electron chi connectivity index (χ3n) is 4.92. The van der Waals surface area contributed by atoms with Gasteiger partial charge in [-0.3, -0.25) is 9.59 Å². The molecule has 0 fully saturated rings. The summed E-state index contributed by atoms with van der Waals surface area (Å²) in [4.78, 5) is 30.9. The smallest absolute Gasteiger partial charge is 0.252 e. The lowest BCUT2D eigenvalue weighted by Crippen LogP contribution is -2.47. The van der Waals surface area contributed by atoms with E-state index in [0.717, 1.165) is 10.4 Å². The standard InChI is InChI=1S/C24H26FN3O4S/c1-14(2)21(27-22(29)16-10-18(31-3)12-19(11-16)32-4)23(30)28-24-26-13-20(33-24)9-15-5-7-17(25)8-6-15/h5-8,10-14,21H,9H2,1-4H3,(H,27,29)(H,26,28,30). The van der Waals surface area contributed by atoms with Crippen molar-refractivity contribution in [3.63, 3.8) is 0 Å². The summed E-state index contributed by atoms with van der Waals surface area (Å²) in [5.74, 6) is -0.290. The maximum atomic E-state index is 13.1. The molecule has 0 saturated heterocycles. The quantitative estimate of drug-likeness (QED) is 0.486. The summed E-state index contributed by atoms with van der Waals surface area (Å²) < 4.78 is 23.5. The van der Waals surface area contributed by atoms with Crippen molar-refractivity contribution >= 4 is 28.3 Å². The molecular formula is C24H26FN3O4S. The van der Waals surface area contributed by atoms with Crippen molar-refractivity contribution in [2.24, 2.45) is 5.92 Å². The van der Waals surface area contributed by atoms with Gasteiger partial charge in [-0.05, 0) is 35.7 Å². The third kappa shape index (κ3) is 6.52. The maximum absolute atomic E-state index is 13.1. The van der Waals surface area contributed by atoms with Crippen LogP contribution in [0, 0.1) is 11.7 Å². The van der Waals surface area contributed by atoms with E-state index < -0.39 is 11.9 Å². The van der Waals surface area contributed by atoms with Crippen LogP contribution in [0.4, 0.5) is 9.52 Å². The summed E-state index contributed by atoms with van der Waals surface area (Å²) in [6, 6.07) is 10.3. The van der Waals surface area contributed by atoms with Gasteiger partial charge in [0.2, 0.25) is 5.91 Å². The van der Waals surface area contributed by atoms with E-state index in [9.17, 15) is 14.0 Å². The second-order valence-corrected chi connectivity index (χ2v) is 8.84. The predicted molar refractivity (Wildman–Crippen MR) is 126 cm³/mol. The van der Waals surface area contributed by atoms with Gasteiger partial charge < -0.3 is 20.1 Å². The fraction of sp³-hybridized carbons (Fsp3) is 0.292. The van der Waals surface area contributed by atoms with Crippen LogP contribution in [0.3, 0.4) is 0 Å². The van der Waals surface area contributed by atoms with E-state index in [1.54, 1.807) is 36.5 Å². The number of benzene rings is 2. The van der Waals surface area contributed by atoms with E-state index in [1.165, 1.54) is 37.7 Å². The highest BCUT2D eigenvalue weighted by Crippen LogP contribution is 2.24. The average molecular weight is 472 g/mol. The van der Waals surface area contributed by atoms with Crippen LogP contribution < -0.4 is 20.1 Å². The fourth-order valence-electron chi connectivity index (χ4n) is 3.13. The molecule has 3 rings (SSSR count). The van der Waals surface area contributed by atoms with Crippen molar-refractivity contribution in [1.29, 1.82) is 0 Å². The minimum absolute atomic E-state index is 0.167. The number of aromatic nitrogens is 1. The first-order chi connectivity index (χ1) is 15.8. The van der Waals surface area contributed by atoms with Gasteiger partial charge in [0.15, 0.2) is 5.13 Å². The predicted octanol–water partition coefficient (Wildman–Crippen LogP) is 4.28. The zero-order valence-corrected chi connectivity index (χ0v) is 19.7. The van der Waals surface area contributed by atoms with Crippen LogP contribution in [0.15, 0.2) is 48.7 Å². The Morgan fingerprint density at radius 2 is 1.70 bits per heavy atom. The van der Waals surface area contributed by atoms with Gasteiger partial charge in [0.1, 0.15) is 23.4 Å². The van der Waals surface area contributed by atoms with Crippen molar-refractivity contribution in [1.82, 2.24) is 10.3 Å². The molecule has 0 radical (unpaired) electrons. The normalized spacial score (nSPS) is 11.7. The van der Waals surface area contributed by atoms with Gasteiger partial charge in [-0.2, -0.15) is 0 Å². The number of amides is 2. The van der Waals surface area contributed by atoms with Gasteiger partial charge in [0, 0.05) is 29.1 Å². The number of anilines is 1. The Bertz CT molecular complexity index is 1090. The minimum atomic E-state index is -0.779. The molecule has 2 N–H and O–H groups in total. The molecule has 0 saturated carbocycles. The van der Waals surface area contributed by atoms with E-state index in [4.69, 9.17) is 9.47 Å². The molecule has 0 aliphatic rings. The van der Waals surface area contributed by atoms with Gasteiger partial charge in [-0.25, -0.2) is 9.37 Å². The lowest BCUT2D eigenvalue weighted by atomic mass is 10.0. The average Bonchev–Trinajstić information content (AvgIpc) is 3.24. The van der Waals surface area contributed by atoms with E-state index in [0.29, 0.717) is 28.6 Å². The van der Waals surface area contributed by atoms with Gasteiger partial charge in [-0.15, -0.1) is 11.3 Å². The van der Waals surface area contributed by atoms with E-state index >= 15 is 0 Å². The molecule has 174 valence electrons. The van der Waals surface area contributed by atoms with E-state index in [2.05, 4.69) is 15.6 Å². The zero-order chi connectivity index (χ0) is 24.0. The van der Waals surface area contributed by atoms with Gasteiger partial charge in [0.25, 0.3) is 5.91 Å². The highest BCUT2D eigenvalue weighted by molar-refractivity contribution is 7.15. The van der Waals surface area contributed by atoms with Crippen molar-refractivity contribution in [3.8, 4) is 11.5 Å². The molecule has 3 aromatic rings. The Kier molecular flexibility index (Phi) is 8.00. The van der Waals surface area contributed by atoms with Gasteiger partial charge in [0.05, 0.1) is 14.2 Å². The molecule has 33 heavy (non-hydrogen) atoms. The Hall–Kier alpha value is -3.46. The van der Waals surface area contributed by atoms with Crippen LogP contribution in [0.1, 0.15) is 34.6 Å². The largest absolute Gasteiger partial charge is 0.497 e. The van der Waals surface area contributed by atoms with Crippen molar-refractivity contribution in [3.05, 3.63) is 70.5 Å². The summed E-state index contributed by atoms with van der Waals surface area (Å²) in [5, 5.41) is 6.00. The molecule has 0 bridgehead atoms. The zero-order valence-electron chi connectivity index (χ0n) is 18.8. The molecule has 1 unspecified atom stereocenters. The molecule has 1 heterocycles. The highest BCUT2D eigenvalue weighted by atomic mass is 32.1. The first-order valence-corrected chi connectivity index (χ1v) is 11.1. The number of hydrogen-bond donors (Lipinski definition) is 2. The molecule has 2 aromatic carbocycles. The number of nitrogens with zero attached hydrogens (tertiary/aromatic N) is 1. The van der Waals surface area contributed by atoms with Crippen molar-refractivity contribution in [2.75, 3.05) is 19.5 Å². The highest BCUT2D eigenvalue weighted by Gasteiger charge is 2.26. The fourth-order valence-corrected chi connectivity index (χ4v) is 3.98. The van der Waals surface area contributed by atoms with Crippen LogP contribution in [0.25, 0.3) is 0 Å². The lowest BCUT2D eigenvalue weighted by molar-refractivity contribution is -0.118. The third-order valence-corrected chi connectivity index (χ3v) is 5.84. The number of carbonyl (C=O) groups is 2. The molecule has 7 nitrogen and oxygen atoms in total. The van der Waals surface area contributed by atoms with Crippen molar-refractivity contribution in [2.45, 2.75) is 26.3 Å². The lowest BCUT2D eigenvalue weighted by Gasteiger charge is -2.21. The van der Waals surface area contributed by atoms with Crippen LogP contribution in [-0.2, 0) is 11.2 Å². The summed E-state index contributed by atoms with van der Waals surface area (Å²) in [5.41, 5.74) is 1.26. The Labute approximate surface area is 196 Å². The molecule has 1 atom stereocenters. The Morgan fingerprint density at radius 3 is 2.27 bits per heavy atom. The van der Waals surface area contributed by atoms with Crippen LogP contribution in [0.2, 0.25) is 0 Å². The van der Waals surface area contributed by atoms with Crippen LogP contribution >= 0.6 is 11.3 Å². The first kappa shape index (κ1) is 24.2. The molecule has 1 aromatic heterocycles. The summed E-state index contributed by atoms with van der Waals surface area (Å²) in [6.07, 6.45) is 2.25. The number of rotatable bonds is 9. The second kappa shape index (κ2) is 10.9. The topological polar surface area (TPSA) is 89.5 Å². The number of hydrogen-bond acceptors (Lipinski definition) is 6. The molecule has 9 heteroatoms. The number of ether oxygens (including phenoxy) is 2. The molecular weight excluding hydrogens is 445 g/mol. The Balaban J connectivity index is 1.67.